The number of rotatable bonds is 10. The average Bonchev–Trinajstić information content (AvgIpc) is 3.19. The van der Waals surface area contributed by atoms with Gasteiger partial charge in [-0.3, -0.25) is 0 Å². The van der Waals surface area contributed by atoms with Crippen molar-refractivity contribution in [1.82, 2.24) is 0 Å². The number of hydrogen-bond donors (Lipinski definition) is 2. The molecule has 1 spiro atoms. The lowest BCUT2D eigenvalue weighted by molar-refractivity contribution is -0.408. The fraction of sp³-hybridized carbons (Fsp3) is 0.966. The van der Waals surface area contributed by atoms with Crippen molar-refractivity contribution < 1.29 is 48.2 Å². The smallest absolute Gasteiger partial charge is 0.163 e. The van der Waals surface area contributed by atoms with Gasteiger partial charge >= 0.3 is 0 Å². The Bertz CT molecular complexity index is 919. The maximum absolute atomic E-state index is 12.7. The number of aliphatic hydroxyl groups is 1. The number of nitrogens with zero attached hydrogens (tertiary/aromatic N) is 1. The molecule has 0 aromatic carbocycles. The summed E-state index contributed by atoms with van der Waals surface area (Å²) in [5, 5.41) is 25.8. The Labute approximate surface area is 237 Å². The molecule has 5 aliphatic rings. The van der Waals surface area contributed by atoms with Gasteiger partial charge in [0.15, 0.2) is 5.79 Å². The van der Waals surface area contributed by atoms with Gasteiger partial charge < -0.3 is 48.2 Å². The second kappa shape index (κ2) is 11.3. The highest BCUT2D eigenvalue weighted by Crippen LogP contribution is 2.72. The van der Waals surface area contributed by atoms with Crippen molar-refractivity contribution in [2.24, 2.45) is 33.7 Å². The van der Waals surface area contributed by atoms with Crippen LogP contribution in [0.1, 0.15) is 65.7 Å². The lowest BCUT2D eigenvalue weighted by atomic mass is 9.40. The number of hydrogen-bond acceptors (Lipinski definition) is 11. The highest BCUT2D eigenvalue weighted by molar-refractivity contribution is 5.63. The van der Waals surface area contributed by atoms with Crippen LogP contribution in [0, 0.1) is 28.6 Å². The van der Waals surface area contributed by atoms with E-state index in [9.17, 15) is 10.3 Å². The SMILES string of the molecule is COCOC1CC2OC(C)(C)OCC23C2C(OCOC)CC4(C)C(C=NO)CCC4(OCOC)C2CCC3(O)C1. The second-order valence-electron chi connectivity index (χ2n) is 13.3. The Morgan fingerprint density at radius 3 is 2.38 bits per heavy atom. The summed E-state index contributed by atoms with van der Waals surface area (Å²) in [6.45, 7) is 6.85. The lowest BCUT2D eigenvalue weighted by Crippen LogP contribution is -2.78. The molecule has 11 heteroatoms. The van der Waals surface area contributed by atoms with Gasteiger partial charge in [0.1, 0.15) is 20.4 Å². The summed E-state index contributed by atoms with van der Waals surface area (Å²) in [4.78, 5) is 0. The van der Waals surface area contributed by atoms with Gasteiger partial charge in [-0.15, -0.1) is 5.16 Å². The fourth-order valence-electron chi connectivity index (χ4n) is 9.65. The van der Waals surface area contributed by atoms with Crippen molar-refractivity contribution in [3.63, 3.8) is 0 Å². The van der Waals surface area contributed by atoms with Crippen molar-refractivity contribution >= 4 is 6.21 Å². The number of methoxy groups -OCH3 is 3. The van der Waals surface area contributed by atoms with Crippen LogP contribution < -0.4 is 0 Å². The van der Waals surface area contributed by atoms with Crippen molar-refractivity contribution in [2.45, 2.75) is 101 Å². The standard InChI is InChI=1S/C29H49NO10/c1-25(2)38-15-28-23(40-25)11-20(36-16-33-4)12-27(28,31)9-8-21-24(28)22(37-17-34-5)13-26(3)19(14-30-32)7-10-29(21,26)39-18-35-6/h14,19-24,31-32H,7-13,15-18H2,1-6H3. The first-order valence-electron chi connectivity index (χ1n) is 14.6. The van der Waals surface area contributed by atoms with E-state index in [1.807, 2.05) is 13.8 Å². The molecule has 10 atom stereocenters. The molecular formula is C29H49NO10. The molecule has 1 heterocycles. The van der Waals surface area contributed by atoms with Crippen LogP contribution in [0.15, 0.2) is 5.16 Å². The average molecular weight is 572 g/mol. The summed E-state index contributed by atoms with van der Waals surface area (Å²) >= 11 is 0. The third-order valence-electron chi connectivity index (χ3n) is 11.2. The molecule has 1 aliphatic heterocycles. The molecule has 1 saturated heterocycles. The molecule has 11 nitrogen and oxygen atoms in total. The van der Waals surface area contributed by atoms with Gasteiger partial charge in [-0.1, -0.05) is 6.92 Å². The zero-order chi connectivity index (χ0) is 28.8. The van der Waals surface area contributed by atoms with Crippen LogP contribution >= 0.6 is 0 Å². The van der Waals surface area contributed by atoms with Crippen LogP contribution in [0.4, 0.5) is 0 Å². The highest BCUT2D eigenvalue weighted by Gasteiger charge is 2.77. The third-order valence-corrected chi connectivity index (χ3v) is 11.2. The zero-order valence-corrected chi connectivity index (χ0v) is 24.9. The molecule has 5 rings (SSSR count). The van der Waals surface area contributed by atoms with Gasteiger partial charge in [0.2, 0.25) is 0 Å². The van der Waals surface area contributed by atoms with Crippen LogP contribution in [0.2, 0.25) is 0 Å². The highest BCUT2D eigenvalue weighted by atomic mass is 16.7. The molecule has 4 aliphatic carbocycles. The summed E-state index contributed by atoms with van der Waals surface area (Å²) in [6.07, 6.45) is 5.42. The normalized spacial score (nSPS) is 47.9. The maximum atomic E-state index is 12.7. The van der Waals surface area contributed by atoms with E-state index < -0.39 is 27.8 Å². The Hall–Kier alpha value is -0.890. The largest absolute Gasteiger partial charge is 0.411 e. The summed E-state index contributed by atoms with van der Waals surface area (Å²) in [5.41, 5.74) is -2.84. The first-order chi connectivity index (χ1) is 19.1. The molecule has 0 amide bonds. The van der Waals surface area contributed by atoms with Crippen molar-refractivity contribution in [2.75, 3.05) is 48.3 Å². The Balaban J connectivity index is 1.64. The quantitative estimate of drug-likeness (QED) is 0.175. The Kier molecular flexibility index (Phi) is 8.64. The van der Waals surface area contributed by atoms with Crippen molar-refractivity contribution in [1.29, 1.82) is 0 Å². The monoisotopic (exact) mass is 571 g/mol. The van der Waals surface area contributed by atoms with E-state index in [1.165, 1.54) is 0 Å². The molecule has 40 heavy (non-hydrogen) atoms. The zero-order valence-electron chi connectivity index (χ0n) is 24.9. The van der Waals surface area contributed by atoms with Gasteiger partial charge in [-0.2, -0.15) is 0 Å². The van der Waals surface area contributed by atoms with E-state index in [0.29, 0.717) is 32.3 Å². The Morgan fingerprint density at radius 1 is 0.950 bits per heavy atom. The van der Waals surface area contributed by atoms with Crippen LogP contribution in [0.25, 0.3) is 0 Å². The van der Waals surface area contributed by atoms with Gasteiger partial charge in [0.05, 0.1) is 41.5 Å². The topological polar surface area (TPSA) is 127 Å². The minimum atomic E-state index is -1.11. The predicted molar refractivity (Wildman–Crippen MR) is 143 cm³/mol. The van der Waals surface area contributed by atoms with E-state index >= 15 is 0 Å². The summed E-state index contributed by atoms with van der Waals surface area (Å²) < 4.78 is 48.7. The minimum Gasteiger partial charge on any atom is -0.411 e. The minimum absolute atomic E-state index is 0.00553. The molecule has 0 aromatic rings. The molecule has 230 valence electrons. The molecule has 10 unspecified atom stereocenters. The first kappa shape index (κ1) is 30.6. The number of fused-ring (bicyclic) bond motifs is 3. The van der Waals surface area contributed by atoms with Gasteiger partial charge in [0, 0.05) is 57.6 Å². The van der Waals surface area contributed by atoms with Crippen molar-refractivity contribution in [3.8, 4) is 0 Å². The molecule has 0 bridgehead atoms. The van der Waals surface area contributed by atoms with Crippen LogP contribution in [0.3, 0.4) is 0 Å². The molecule has 5 fully saturated rings. The third kappa shape index (κ3) is 4.55. The number of oxime groups is 1. The van der Waals surface area contributed by atoms with E-state index in [-0.39, 0.29) is 56.4 Å². The summed E-state index contributed by atoms with van der Waals surface area (Å²) in [7, 11) is 4.87. The van der Waals surface area contributed by atoms with Crippen LogP contribution in [-0.2, 0) is 37.9 Å². The second-order valence-corrected chi connectivity index (χ2v) is 13.3. The van der Waals surface area contributed by atoms with Crippen molar-refractivity contribution in [3.05, 3.63) is 0 Å². The van der Waals surface area contributed by atoms with Gasteiger partial charge in [0.25, 0.3) is 0 Å². The fourth-order valence-corrected chi connectivity index (χ4v) is 9.65. The van der Waals surface area contributed by atoms with Crippen LogP contribution in [-0.4, -0.2) is 100 Å². The number of ether oxygens (including phenoxy) is 8. The molecular weight excluding hydrogens is 522 g/mol. The van der Waals surface area contributed by atoms with E-state index in [1.54, 1.807) is 27.5 Å². The summed E-state index contributed by atoms with van der Waals surface area (Å²) in [6, 6.07) is 0. The Morgan fingerprint density at radius 2 is 1.68 bits per heavy atom. The van der Waals surface area contributed by atoms with Gasteiger partial charge in [-0.05, 0) is 51.9 Å². The molecule has 4 saturated carbocycles. The first-order valence-corrected chi connectivity index (χ1v) is 14.6. The maximum Gasteiger partial charge on any atom is 0.163 e. The van der Waals surface area contributed by atoms with E-state index in [0.717, 1.165) is 19.3 Å². The van der Waals surface area contributed by atoms with E-state index in [4.69, 9.17) is 37.9 Å². The van der Waals surface area contributed by atoms with Gasteiger partial charge in [-0.25, -0.2) is 0 Å². The lowest BCUT2D eigenvalue weighted by Gasteiger charge is -2.71. The summed E-state index contributed by atoms with van der Waals surface area (Å²) in [5.74, 6) is -0.957. The predicted octanol–water partition coefficient (Wildman–Crippen LogP) is 3.29. The molecule has 2 N–H and O–H groups in total. The molecule has 0 radical (unpaired) electrons. The molecule has 0 aromatic heterocycles. The van der Waals surface area contributed by atoms with Crippen LogP contribution in [0.5, 0.6) is 0 Å². The van der Waals surface area contributed by atoms with E-state index in [2.05, 4.69) is 12.1 Å².